The Balaban J connectivity index is 1.49. The molecule has 2 aromatic carbocycles. The Morgan fingerprint density at radius 1 is 1.06 bits per heavy atom. The number of benzene rings is 2. The summed E-state index contributed by atoms with van der Waals surface area (Å²) in [6.45, 7) is 5.04. The number of amides is 1. The highest BCUT2D eigenvalue weighted by Crippen LogP contribution is 2.32. The Bertz CT molecular complexity index is 1060. The Morgan fingerprint density at radius 2 is 1.78 bits per heavy atom. The van der Waals surface area contributed by atoms with E-state index < -0.39 is 11.6 Å². The lowest BCUT2D eigenvalue weighted by Gasteiger charge is -2.37. The molecule has 3 aromatic rings. The lowest BCUT2D eigenvalue weighted by molar-refractivity contribution is -0.0231. The van der Waals surface area contributed by atoms with E-state index in [1.54, 1.807) is 6.20 Å². The van der Waals surface area contributed by atoms with Gasteiger partial charge in [-0.1, -0.05) is 24.3 Å². The van der Waals surface area contributed by atoms with E-state index in [0.717, 1.165) is 29.3 Å². The van der Waals surface area contributed by atoms with E-state index in [2.05, 4.69) is 4.98 Å². The first kappa shape index (κ1) is 22.1. The highest BCUT2D eigenvalue weighted by Gasteiger charge is 2.30. The molecule has 1 amide bonds. The van der Waals surface area contributed by atoms with Crippen LogP contribution in [0.1, 0.15) is 47.5 Å². The first-order chi connectivity index (χ1) is 15.4. The van der Waals surface area contributed by atoms with Crippen LogP contribution in [0, 0.1) is 18.6 Å². The first-order valence-corrected chi connectivity index (χ1v) is 10.9. The Labute approximate surface area is 186 Å². The molecule has 1 aromatic heterocycles. The van der Waals surface area contributed by atoms with Crippen LogP contribution in [0.25, 0.3) is 11.1 Å². The van der Waals surface area contributed by atoms with Crippen molar-refractivity contribution in [3.05, 3.63) is 89.2 Å². The van der Waals surface area contributed by atoms with E-state index >= 15 is 0 Å². The van der Waals surface area contributed by atoms with Gasteiger partial charge < -0.3 is 9.64 Å². The molecule has 0 aliphatic carbocycles. The van der Waals surface area contributed by atoms with Gasteiger partial charge in [0.25, 0.3) is 5.91 Å². The molecule has 1 aliphatic heterocycles. The molecule has 0 saturated carbocycles. The van der Waals surface area contributed by atoms with Crippen molar-refractivity contribution in [1.82, 2.24) is 9.88 Å². The zero-order chi connectivity index (χ0) is 22.7. The molecule has 32 heavy (non-hydrogen) atoms. The first-order valence-electron chi connectivity index (χ1n) is 10.9. The van der Waals surface area contributed by atoms with Gasteiger partial charge in [0.05, 0.1) is 11.7 Å². The molecule has 4 rings (SSSR count). The monoisotopic (exact) mass is 436 g/mol. The molecule has 0 spiro atoms. The summed E-state index contributed by atoms with van der Waals surface area (Å²) in [5.74, 6) is -1.22. The molecule has 6 heteroatoms. The molecular formula is C26H26F2N2O2. The summed E-state index contributed by atoms with van der Waals surface area (Å²) in [5, 5.41) is 0. The zero-order valence-corrected chi connectivity index (χ0v) is 18.2. The van der Waals surface area contributed by atoms with Crippen molar-refractivity contribution in [3.8, 4) is 11.1 Å². The molecule has 2 heterocycles. The van der Waals surface area contributed by atoms with Crippen LogP contribution in [-0.2, 0) is 4.74 Å². The summed E-state index contributed by atoms with van der Waals surface area (Å²) < 4.78 is 33.1. The highest BCUT2D eigenvalue weighted by molar-refractivity contribution is 5.94. The number of carbonyl (C=O) groups excluding carboxylic acids is 1. The number of pyridine rings is 1. The van der Waals surface area contributed by atoms with E-state index in [0.29, 0.717) is 30.7 Å². The maximum atomic E-state index is 13.5. The van der Waals surface area contributed by atoms with E-state index in [9.17, 15) is 13.6 Å². The predicted octanol–water partition coefficient (Wildman–Crippen LogP) is 5.72. The van der Waals surface area contributed by atoms with Crippen LogP contribution < -0.4 is 0 Å². The van der Waals surface area contributed by atoms with Crippen LogP contribution in [0.15, 0.2) is 60.8 Å². The van der Waals surface area contributed by atoms with Gasteiger partial charge in [0.15, 0.2) is 0 Å². The number of ether oxygens (including phenoxy) is 1. The van der Waals surface area contributed by atoms with Gasteiger partial charge >= 0.3 is 0 Å². The van der Waals surface area contributed by atoms with Crippen molar-refractivity contribution in [1.29, 1.82) is 0 Å². The Kier molecular flexibility index (Phi) is 6.61. The minimum atomic E-state index is -0.601. The van der Waals surface area contributed by atoms with Gasteiger partial charge in [0.2, 0.25) is 0 Å². The number of hydrogen-bond donors (Lipinski definition) is 0. The lowest BCUT2D eigenvalue weighted by atomic mass is 9.94. The summed E-state index contributed by atoms with van der Waals surface area (Å²) >= 11 is 0. The topological polar surface area (TPSA) is 42.4 Å². The molecule has 0 bridgehead atoms. The van der Waals surface area contributed by atoms with Gasteiger partial charge in [-0.25, -0.2) is 8.78 Å². The van der Waals surface area contributed by atoms with Gasteiger partial charge in [-0.2, -0.15) is 0 Å². The van der Waals surface area contributed by atoms with Gasteiger partial charge in [0, 0.05) is 37.2 Å². The average Bonchev–Trinajstić information content (AvgIpc) is 2.80. The van der Waals surface area contributed by atoms with Crippen LogP contribution in [0.4, 0.5) is 8.78 Å². The molecule has 0 unspecified atom stereocenters. The molecule has 0 radical (unpaired) electrons. The molecule has 0 N–H and O–H groups in total. The lowest BCUT2D eigenvalue weighted by Crippen LogP contribution is -2.44. The molecular weight excluding hydrogens is 410 g/mol. The average molecular weight is 437 g/mol. The predicted molar refractivity (Wildman–Crippen MR) is 119 cm³/mol. The largest absolute Gasteiger partial charge is 0.373 e. The van der Waals surface area contributed by atoms with Crippen LogP contribution in [0.2, 0.25) is 0 Å². The van der Waals surface area contributed by atoms with Gasteiger partial charge in [-0.15, -0.1) is 0 Å². The standard InChI is InChI=1S/C26H26F2N2O2/c1-3-30(26(31)20-5-4-17(2)29-16-20)24-10-11-32-25(15-24)19-8-6-18(7-9-19)21-12-22(27)14-23(28)13-21/h4-9,12-14,16,24-25H,3,10-11,15H2,1-2H3/t24-,25+/m0/s1. The summed E-state index contributed by atoms with van der Waals surface area (Å²) in [7, 11) is 0. The third kappa shape index (κ3) is 4.86. The van der Waals surface area contributed by atoms with Crippen molar-refractivity contribution in [2.24, 2.45) is 0 Å². The minimum absolute atomic E-state index is 0.0193. The van der Waals surface area contributed by atoms with Crippen LogP contribution in [0.3, 0.4) is 0 Å². The number of carbonyl (C=O) groups is 1. The molecule has 1 fully saturated rings. The number of halogens is 2. The number of hydrogen-bond acceptors (Lipinski definition) is 3. The number of rotatable bonds is 5. The Morgan fingerprint density at radius 3 is 2.41 bits per heavy atom. The van der Waals surface area contributed by atoms with Crippen molar-refractivity contribution in [3.63, 3.8) is 0 Å². The summed E-state index contributed by atoms with van der Waals surface area (Å²) in [5.41, 5.74) is 3.67. The second-order valence-corrected chi connectivity index (χ2v) is 8.10. The van der Waals surface area contributed by atoms with Crippen molar-refractivity contribution in [2.75, 3.05) is 13.2 Å². The second kappa shape index (κ2) is 9.57. The molecule has 2 atom stereocenters. The fourth-order valence-corrected chi connectivity index (χ4v) is 4.23. The fourth-order valence-electron chi connectivity index (χ4n) is 4.23. The van der Waals surface area contributed by atoms with Crippen LogP contribution in [-0.4, -0.2) is 35.0 Å². The maximum absolute atomic E-state index is 13.5. The third-order valence-corrected chi connectivity index (χ3v) is 5.94. The highest BCUT2D eigenvalue weighted by atomic mass is 19.1. The summed E-state index contributed by atoms with van der Waals surface area (Å²) in [6.07, 6.45) is 2.94. The van der Waals surface area contributed by atoms with Gasteiger partial charge in [-0.3, -0.25) is 9.78 Å². The van der Waals surface area contributed by atoms with Crippen molar-refractivity contribution >= 4 is 5.91 Å². The van der Waals surface area contributed by atoms with E-state index in [1.807, 2.05) is 55.1 Å². The normalized spacial score (nSPS) is 18.4. The molecule has 166 valence electrons. The van der Waals surface area contributed by atoms with Crippen molar-refractivity contribution < 1.29 is 18.3 Å². The SMILES string of the molecule is CCN(C(=O)c1ccc(C)nc1)[C@H]1CCO[C@@H](c2ccc(-c3cc(F)cc(F)c3)cc2)C1. The van der Waals surface area contributed by atoms with E-state index in [-0.39, 0.29) is 18.1 Å². The Hall–Kier alpha value is -3.12. The summed E-state index contributed by atoms with van der Waals surface area (Å²) in [4.78, 5) is 19.2. The summed E-state index contributed by atoms with van der Waals surface area (Å²) in [6, 6.07) is 14.8. The molecule has 1 saturated heterocycles. The van der Waals surface area contributed by atoms with E-state index in [4.69, 9.17) is 4.74 Å². The molecule has 1 aliphatic rings. The smallest absolute Gasteiger partial charge is 0.255 e. The number of aromatic nitrogens is 1. The van der Waals surface area contributed by atoms with E-state index in [1.165, 1.54) is 12.1 Å². The maximum Gasteiger partial charge on any atom is 0.255 e. The fraction of sp³-hybridized carbons (Fsp3) is 0.308. The number of nitrogens with zero attached hydrogens (tertiary/aromatic N) is 2. The van der Waals surface area contributed by atoms with Crippen LogP contribution >= 0.6 is 0 Å². The third-order valence-electron chi connectivity index (χ3n) is 5.94. The second-order valence-electron chi connectivity index (χ2n) is 8.10. The molecule has 4 nitrogen and oxygen atoms in total. The van der Waals surface area contributed by atoms with Crippen LogP contribution in [0.5, 0.6) is 0 Å². The number of aryl methyl sites for hydroxylation is 1. The minimum Gasteiger partial charge on any atom is -0.373 e. The van der Waals surface area contributed by atoms with Crippen molar-refractivity contribution in [2.45, 2.75) is 38.8 Å². The quantitative estimate of drug-likeness (QED) is 0.514. The zero-order valence-electron chi connectivity index (χ0n) is 18.2. The van der Waals surface area contributed by atoms with Gasteiger partial charge in [0.1, 0.15) is 11.6 Å². The van der Waals surface area contributed by atoms with Gasteiger partial charge in [-0.05, 0) is 67.6 Å².